The summed E-state index contributed by atoms with van der Waals surface area (Å²) in [4.78, 5) is 21.6. The van der Waals surface area contributed by atoms with E-state index < -0.39 is 16.7 Å². The molecule has 8 nitrogen and oxygen atoms in total. The van der Waals surface area contributed by atoms with Crippen molar-refractivity contribution in [3.8, 4) is 5.75 Å². The highest BCUT2D eigenvalue weighted by molar-refractivity contribution is 5.88. The lowest BCUT2D eigenvalue weighted by Gasteiger charge is -2.08. The Morgan fingerprint density at radius 3 is 2.80 bits per heavy atom. The first-order valence-electron chi connectivity index (χ1n) is 7.30. The highest BCUT2D eigenvalue weighted by atomic mass is 16.6. The second kappa shape index (κ2) is 7.26. The third kappa shape index (κ3) is 3.99. The summed E-state index contributed by atoms with van der Waals surface area (Å²) in [6.07, 6.45) is 1.17. The normalized spacial score (nSPS) is 10.9. The summed E-state index contributed by atoms with van der Waals surface area (Å²) in [5.74, 6) is -0.113. The standard InChI is InChI=1S/C17H13N3O5/c21-16(19-18-10-13-8-9-17(25-13)20(22)23)11-24-15-7-3-5-12-4-1-2-6-14(12)15/h1-10H,11H2,(H,19,21). The maximum atomic E-state index is 11.8. The average molecular weight is 339 g/mol. The van der Waals surface area contributed by atoms with Gasteiger partial charge in [-0.25, -0.2) is 5.43 Å². The minimum atomic E-state index is -0.659. The Labute approximate surface area is 141 Å². The van der Waals surface area contributed by atoms with E-state index in [1.165, 1.54) is 18.3 Å². The van der Waals surface area contributed by atoms with Crippen LogP contribution >= 0.6 is 0 Å². The zero-order valence-corrected chi connectivity index (χ0v) is 12.9. The lowest BCUT2D eigenvalue weighted by molar-refractivity contribution is -0.402. The van der Waals surface area contributed by atoms with Gasteiger partial charge in [-0.1, -0.05) is 36.4 Å². The largest absolute Gasteiger partial charge is 0.483 e. The number of carbonyl (C=O) groups is 1. The summed E-state index contributed by atoms with van der Waals surface area (Å²) >= 11 is 0. The fourth-order valence-corrected chi connectivity index (χ4v) is 2.17. The lowest BCUT2D eigenvalue weighted by atomic mass is 10.1. The van der Waals surface area contributed by atoms with Gasteiger partial charge in [-0.2, -0.15) is 5.10 Å². The Kier molecular flexibility index (Phi) is 4.70. The molecule has 0 saturated carbocycles. The van der Waals surface area contributed by atoms with Crippen LogP contribution in [0.2, 0.25) is 0 Å². The highest BCUT2D eigenvalue weighted by Gasteiger charge is 2.10. The van der Waals surface area contributed by atoms with Crippen LogP contribution in [0.1, 0.15) is 5.76 Å². The molecule has 8 heteroatoms. The van der Waals surface area contributed by atoms with Crippen LogP contribution in [0, 0.1) is 10.1 Å². The van der Waals surface area contributed by atoms with Crippen molar-refractivity contribution in [1.29, 1.82) is 0 Å². The predicted molar refractivity (Wildman–Crippen MR) is 90.5 cm³/mol. The van der Waals surface area contributed by atoms with Gasteiger partial charge < -0.3 is 9.15 Å². The first kappa shape index (κ1) is 16.2. The molecular weight excluding hydrogens is 326 g/mol. The number of hydrogen-bond acceptors (Lipinski definition) is 6. The maximum absolute atomic E-state index is 11.8. The van der Waals surface area contributed by atoms with Crippen LogP contribution in [0.15, 0.2) is 64.1 Å². The zero-order valence-electron chi connectivity index (χ0n) is 12.9. The van der Waals surface area contributed by atoms with E-state index in [4.69, 9.17) is 9.15 Å². The second-order valence-electron chi connectivity index (χ2n) is 4.99. The molecule has 1 heterocycles. The molecular formula is C17H13N3O5. The number of rotatable bonds is 6. The number of ether oxygens (including phenoxy) is 1. The fourth-order valence-electron chi connectivity index (χ4n) is 2.17. The van der Waals surface area contributed by atoms with Gasteiger partial charge in [0.25, 0.3) is 5.91 Å². The Morgan fingerprint density at radius 2 is 2.00 bits per heavy atom. The van der Waals surface area contributed by atoms with E-state index in [1.54, 1.807) is 6.07 Å². The monoisotopic (exact) mass is 339 g/mol. The molecule has 0 fully saturated rings. The SMILES string of the molecule is O=C(COc1cccc2ccccc12)NN=Cc1ccc([N+](=O)[O-])o1. The Morgan fingerprint density at radius 1 is 1.20 bits per heavy atom. The van der Waals surface area contributed by atoms with E-state index in [-0.39, 0.29) is 12.4 Å². The molecule has 3 aromatic rings. The second-order valence-corrected chi connectivity index (χ2v) is 4.99. The summed E-state index contributed by atoms with van der Waals surface area (Å²) in [6, 6.07) is 15.8. The van der Waals surface area contributed by atoms with Crippen molar-refractivity contribution in [1.82, 2.24) is 5.43 Å². The minimum absolute atomic E-state index is 0.155. The number of hydrazone groups is 1. The van der Waals surface area contributed by atoms with Crippen LogP contribution in [0.4, 0.5) is 5.88 Å². The smallest absolute Gasteiger partial charge is 0.433 e. The van der Waals surface area contributed by atoms with Gasteiger partial charge in [0.15, 0.2) is 12.4 Å². The minimum Gasteiger partial charge on any atom is -0.483 e. The summed E-state index contributed by atoms with van der Waals surface area (Å²) < 4.78 is 10.4. The molecule has 3 rings (SSSR count). The van der Waals surface area contributed by atoms with Crippen LogP contribution < -0.4 is 10.2 Å². The van der Waals surface area contributed by atoms with Crippen LogP contribution in [0.5, 0.6) is 5.75 Å². The highest BCUT2D eigenvalue weighted by Crippen LogP contribution is 2.24. The van der Waals surface area contributed by atoms with Gasteiger partial charge in [0, 0.05) is 5.39 Å². The number of nitrogens with one attached hydrogen (secondary N) is 1. The quantitative estimate of drug-likeness (QED) is 0.422. The van der Waals surface area contributed by atoms with E-state index in [1.807, 2.05) is 36.4 Å². The number of fused-ring (bicyclic) bond motifs is 1. The summed E-state index contributed by atoms with van der Waals surface area (Å²) in [5, 5.41) is 16.1. The van der Waals surface area contributed by atoms with Crippen molar-refractivity contribution in [2.45, 2.75) is 0 Å². The predicted octanol–water partition coefficient (Wildman–Crippen LogP) is 2.87. The van der Waals surface area contributed by atoms with Crippen molar-refractivity contribution in [3.63, 3.8) is 0 Å². The molecule has 0 atom stereocenters. The van der Waals surface area contributed by atoms with E-state index in [0.29, 0.717) is 5.75 Å². The molecule has 25 heavy (non-hydrogen) atoms. The van der Waals surface area contributed by atoms with Gasteiger partial charge in [-0.05, 0) is 17.5 Å². The molecule has 0 unspecified atom stereocenters. The molecule has 0 bridgehead atoms. The van der Waals surface area contributed by atoms with E-state index >= 15 is 0 Å². The van der Waals surface area contributed by atoms with E-state index in [0.717, 1.165) is 10.8 Å². The number of nitro groups is 1. The number of nitrogens with zero attached hydrogens (tertiary/aromatic N) is 2. The molecule has 1 N–H and O–H groups in total. The van der Waals surface area contributed by atoms with Crippen LogP contribution in [0.3, 0.4) is 0 Å². The van der Waals surface area contributed by atoms with E-state index in [9.17, 15) is 14.9 Å². The molecule has 0 spiro atoms. The molecule has 1 amide bonds. The van der Waals surface area contributed by atoms with Gasteiger partial charge in [0.2, 0.25) is 0 Å². The molecule has 126 valence electrons. The van der Waals surface area contributed by atoms with Crippen molar-refractivity contribution in [2.24, 2.45) is 5.10 Å². The first-order chi connectivity index (χ1) is 12.1. The van der Waals surface area contributed by atoms with Crippen LogP contribution in [-0.4, -0.2) is 23.7 Å². The molecule has 0 saturated heterocycles. The Hall–Kier alpha value is -3.68. The third-order valence-electron chi connectivity index (χ3n) is 3.28. The van der Waals surface area contributed by atoms with E-state index in [2.05, 4.69) is 10.5 Å². The maximum Gasteiger partial charge on any atom is 0.433 e. The average Bonchev–Trinajstić information content (AvgIpc) is 3.09. The summed E-state index contributed by atoms with van der Waals surface area (Å²) in [5.41, 5.74) is 2.26. The number of amides is 1. The Bertz CT molecular complexity index is 943. The topological polar surface area (TPSA) is 107 Å². The van der Waals surface area contributed by atoms with Crippen molar-refractivity contribution in [3.05, 3.63) is 70.5 Å². The van der Waals surface area contributed by atoms with Crippen molar-refractivity contribution in [2.75, 3.05) is 6.61 Å². The fraction of sp³-hybridized carbons (Fsp3) is 0.0588. The number of carbonyl (C=O) groups excluding carboxylic acids is 1. The van der Waals surface area contributed by atoms with Gasteiger partial charge in [0.1, 0.15) is 10.7 Å². The van der Waals surface area contributed by atoms with Crippen LogP contribution in [0.25, 0.3) is 10.8 Å². The first-order valence-corrected chi connectivity index (χ1v) is 7.30. The van der Waals surface area contributed by atoms with Gasteiger partial charge >= 0.3 is 5.88 Å². The lowest BCUT2D eigenvalue weighted by Crippen LogP contribution is -2.24. The van der Waals surface area contributed by atoms with Crippen LogP contribution in [-0.2, 0) is 4.79 Å². The number of hydrogen-bond donors (Lipinski definition) is 1. The Balaban J connectivity index is 1.55. The summed E-state index contributed by atoms with van der Waals surface area (Å²) in [6.45, 7) is -0.219. The summed E-state index contributed by atoms with van der Waals surface area (Å²) in [7, 11) is 0. The number of furan rings is 1. The zero-order chi connectivity index (χ0) is 17.6. The molecule has 0 aliphatic rings. The third-order valence-corrected chi connectivity index (χ3v) is 3.28. The van der Waals surface area contributed by atoms with Gasteiger partial charge in [-0.15, -0.1) is 0 Å². The molecule has 0 radical (unpaired) electrons. The van der Waals surface area contributed by atoms with Gasteiger partial charge in [0.05, 0.1) is 12.3 Å². The molecule has 0 aliphatic carbocycles. The molecule has 0 aliphatic heterocycles. The number of benzene rings is 2. The van der Waals surface area contributed by atoms with Crippen molar-refractivity contribution >= 4 is 28.8 Å². The van der Waals surface area contributed by atoms with Gasteiger partial charge in [-0.3, -0.25) is 14.9 Å². The molecule has 1 aromatic heterocycles. The molecule has 2 aromatic carbocycles. The van der Waals surface area contributed by atoms with Crippen molar-refractivity contribution < 1.29 is 18.9 Å².